The zero-order valence-electron chi connectivity index (χ0n) is 11.4. The SMILES string of the molecule is CCCOc1ccc(CN)c(OCCOCCO)c1. The first-order valence-corrected chi connectivity index (χ1v) is 6.59. The zero-order chi connectivity index (χ0) is 13.9. The molecule has 5 heteroatoms. The van der Waals surface area contributed by atoms with Crippen LogP contribution in [0, 0.1) is 0 Å². The lowest BCUT2D eigenvalue weighted by atomic mass is 10.2. The summed E-state index contributed by atoms with van der Waals surface area (Å²) in [6.45, 7) is 4.36. The Morgan fingerprint density at radius 1 is 1.11 bits per heavy atom. The summed E-state index contributed by atoms with van der Waals surface area (Å²) in [6.07, 6.45) is 0.962. The molecule has 0 radical (unpaired) electrons. The van der Waals surface area contributed by atoms with Crippen molar-refractivity contribution in [3.05, 3.63) is 23.8 Å². The smallest absolute Gasteiger partial charge is 0.127 e. The minimum Gasteiger partial charge on any atom is -0.493 e. The summed E-state index contributed by atoms with van der Waals surface area (Å²) < 4.78 is 16.3. The zero-order valence-corrected chi connectivity index (χ0v) is 11.4. The molecule has 0 bridgehead atoms. The van der Waals surface area contributed by atoms with E-state index in [9.17, 15) is 0 Å². The highest BCUT2D eigenvalue weighted by Gasteiger charge is 2.05. The normalized spacial score (nSPS) is 10.5. The van der Waals surface area contributed by atoms with Gasteiger partial charge in [-0.1, -0.05) is 13.0 Å². The molecule has 0 aliphatic heterocycles. The molecule has 0 fully saturated rings. The average molecular weight is 269 g/mol. The summed E-state index contributed by atoms with van der Waals surface area (Å²) in [4.78, 5) is 0. The first-order chi connectivity index (χ1) is 9.31. The van der Waals surface area contributed by atoms with E-state index < -0.39 is 0 Å². The third-order valence-electron chi connectivity index (χ3n) is 2.45. The number of hydrogen-bond acceptors (Lipinski definition) is 5. The molecule has 0 atom stereocenters. The van der Waals surface area contributed by atoms with Gasteiger partial charge in [-0.2, -0.15) is 0 Å². The minimum atomic E-state index is 0.0222. The fourth-order valence-electron chi connectivity index (χ4n) is 1.52. The molecule has 0 aromatic heterocycles. The Kier molecular flexibility index (Phi) is 7.97. The molecule has 0 heterocycles. The van der Waals surface area contributed by atoms with E-state index >= 15 is 0 Å². The van der Waals surface area contributed by atoms with Crippen LogP contribution in [0.4, 0.5) is 0 Å². The number of nitrogens with two attached hydrogens (primary N) is 1. The number of aliphatic hydroxyl groups is 1. The maximum atomic E-state index is 8.58. The fraction of sp³-hybridized carbons (Fsp3) is 0.571. The maximum Gasteiger partial charge on any atom is 0.127 e. The van der Waals surface area contributed by atoms with E-state index in [0.717, 1.165) is 23.5 Å². The molecule has 5 nitrogen and oxygen atoms in total. The molecule has 0 aliphatic rings. The monoisotopic (exact) mass is 269 g/mol. The standard InChI is InChI=1S/C14H23NO4/c1-2-6-18-13-4-3-12(11-15)14(10-13)19-9-8-17-7-5-16/h3-4,10,16H,2,5-9,11,15H2,1H3. The van der Waals surface area contributed by atoms with Crippen LogP contribution in [-0.2, 0) is 11.3 Å². The number of aliphatic hydroxyl groups excluding tert-OH is 1. The number of ether oxygens (including phenoxy) is 3. The Balaban J connectivity index is 2.52. The van der Waals surface area contributed by atoms with Gasteiger partial charge in [0.2, 0.25) is 0 Å². The second-order valence-corrected chi connectivity index (χ2v) is 4.01. The van der Waals surface area contributed by atoms with E-state index in [-0.39, 0.29) is 6.61 Å². The van der Waals surface area contributed by atoms with E-state index in [1.54, 1.807) is 0 Å². The number of benzene rings is 1. The van der Waals surface area contributed by atoms with Gasteiger partial charge in [-0.15, -0.1) is 0 Å². The first kappa shape index (κ1) is 15.8. The van der Waals surface area contributed by atoms with Crippen LogP contribution in [0.3, 0.4) is 0 Å². The average Bonchev–Trinajstić information content (AvgIpc) is 2.45. The van der Waals surface area contributed by atoms with Crippen LogP contribution < -0.4 is 15.2 Å². The van der Waals surface area contributed by atoms with E-state index in [1.165, 1.54) is 0 Å². The van der Waals surface area contributed by atoms with E-state index in [2.05, 4.69) is 6.92 Å². The van der Waals surface area contributed by atoms with Crippen LogP contribution in [0.15, 0.2) is 18.2 Å². The summed E-state index contributed by atoms with van der Waals surface area (Å²) in [6, 6.07) is 5.66. The lowest BCUT2D eigenvalue weighted by Crippen LogP contribution is -2.11. The van der Waals surface area contributed by atoms with Gasteiger partial charge in [0.25, 0.3) is 0 Å². The highest BCUT2D eigenvalue weighted by atomic mass is 16.5. The molecule has 108 valence electrons. The van der Waals surface area contributed by atoms with Gasteiger partial charge in [0.05, 0.1) is 26.4 Å². The Morgan fingerprint density at radius 2 is 1.95 bits per heavy atom. The number of rotatable bonds is 10. The lowest BCUT2D eigenvalue weighted by Gasteiger charge is -2.13. The summed E-state index contributed by atoms with van der Waals surface area (Å²) >= 11 is 0. The summed E-state index contributed by atoms with van der Waals surface area (Å²) in [5.74, 6) is 1.51. The Bertz CT molecular complexity index is 357. The molecular formula is C14H23NO4. The van der Waals surface area contributed by atoms with Crippen LogP contribution in [-0.4, -0.2) is 38.1 Å². The Labute approximate surface area is 114 Å². The Morgan fingerprint density at radius 3 is 2.63 bits per heavy atom. The van der Waals surface area contributed by atoms with Gasteiger partial charge < -0.3 is 25.1 Å². The largest absolute Gasteiger partial charge is 0.493 e. The van der Waals surface area contributed by atoms with Crippen LogP contribution in [0.5, 0.6) is 11.5 Å². The van der Waals surface area contributed by atoms with Gasteiger partial charge in [0, 0.05) is 18.2 Å². The van der Waals surface area contributed by atoms with E-state index in [1.807, 2.05) is 18.2 Å². The van der Waals surface area contributed by atoms with Crippen LogP contribution in [0.25, 0.3) is 0 Å². The molecule has 3 N–H and O–H groups in total. The van der Waals surface area contributed by atoms with Gasteiger partial charge in [-0.3, -0.25) is 0 Å². The topological polar surface area (TPSA) is 73.9 Å². The third kappa shape index (κ3) is 5.92. The summed E-state index contributed by atoms with van der Waals surface area (Å²) in [7, 11) is 0. The van der Waals surface area contributed by atoms with Gasteiger partial charge in [-0.25, -0.2) is 0 Å². The quantitative estimate of drug-likeness (QED) is 0.627. The molecule has 1 aromatic rings. The summed E-state index contributed by atoms with van der Waals surface area (Å²) in [5.41, 5.74) is 6.60. The third-order valence-corrected chi connectivity index (χ3v) is 2.45. The van der Waals surface area contributed by atoms with Gasteiger partial charge in [0.15, 0.2) is 0 Å². The molecule has 19 heavy (non-hydrogen) atoms. The highest BCUT2D eigenvalue weighted by molar-refractivity contribution is 5.40. The lowest BCUT2D eigenvalue weighted by molar-refractivity contribution is 0.0702. The molecular weight excluding hydrogens is 246 g/mol. The minimum absolute atomic E-state index is 0.0222. The van der Waals surface area contributed by atoms with Crippen molar-refractivity contribution in [2.75, 3.05) is 33.0 Å². The molecule has 0 saturated carbocycles. The van der Waals surface area contributed by atoms with Crippen molar-refractivity contribution in [2.45, 2.75) is 19.9 Å². The maximum absolute atomic E-state index is 8.58. The van der Waals surface area contributed by atoms with Crippen LogP contribution >= 0.6 is 0 Å². The molecule has 0 spiro atoms. The van der Waals surface area contributed by atoms with Crippen LogP contribution in [0.1, 0.15) is 18.9 Å². The molecule has 0 saturated heterocycles. The second kappa shape index (κ2) is 9.61. The summed E-state index contributed by atoms with van der Waals surface area (Å²) in [5, 5.41) is 8.58. The van der Waals surface area contributed by atoms with Gasteiger partial charge in [0.1, 0.15) is 18.1 Å². The highest BCUT2D eigenvalue weighted by Crippen LogP contribution is 2.24. The fourth-order valence-corrected chi connectivity index (χ4v) is 1.52. The van der Waals surface area contributed by atoms with Crippen molar-refractivity contribution in [3.63, 3.8) is 0 Å². The Hall–Kier alpha value is -1.30. The second-order valence-electron chi connectivity index (χ2n) is 4.01. The van der Waals surface area contributed by atoms with Crippen molar-refractivity contribution < 1.29 is 19.3 Å². The molecule has 0 aliphatic carbocycles. The van der Waals surface area contributed by atoms with Crippen molar-refractivity contribution >= 4 is 0 Å². The molecule has 1 rings (SSSR count). The first-order valence-electron chi connectivity index (χ1n) is 6.59. The van der Waals surface area contributed by atoms with E-state index in [0.29, 0.717) is 33.0 Å². The number of hydrogen-bond donors (Lipinski definition) is 2. The van der Waals surface area contributed by atoms with Gasteiger partial charge in [-0.05, 0) is 12.5 Å². The van der Waals surface area contributed by atoms with Crippen molar-refractivity contribution in [1.82, 2.24) is 0 Å². The van der Waals surface area contributed by atoms with Crippen molar-refractivity contribution in [2.24, 2.45) is 5.73 Å². The predicted molar refractivity (Wildman–Crippen MR) is 73.5 cm³/mol. The van der Waals surface area contributed by atoms with Crippen molar-refractivity contribution in [1.29, 1.82) is 0 Å². The van der Waals surface area contributed by atoms with Crippen molar-refractivity contribution in [3.8, 4) is 11.5 Å². The molecule has 0 unspecified atom stereocenters. The van der Waals surface area contributed by atoms with Crippen LogP contribution in [0.2, 0.25) is 0 Å². The predicted octanol–water partition coefficient (Wildman–Crippen LogP) is 1.32. The van der Waals surface area contributed by atoms with Gasteiger partial charge >= 0.3 is 0 Å². The van der Waals surface area contributed by atoms with E-state index in [4.69, 9.17) is 25.1 Å². The molecule has 0 amide bonds. The molecule has 1 aromatic carbocycles.